The van der Waals surface area contributed by atoms with Crippen molar-refractivity contribution in [2.24, 2.45) is 0 Å². The van der Waals surface area contributed by atoms with Crippen molar-refractivity contribution >= 4 is 33.3 Å². The van der Waals surface area contributed by atoms with E-state index in [2.05, 4.69) is 0 Å². The third kappa shape index (κ3) is 3.49. The van der Waals surface area contributed by atoms with Gasteiger partial charge in [-0.05, 0) is 24.3 Å². The van der Waals surface area contributed by atoms with E-state index in [1.807, 2.05) is 0 Å². The normalized spacial score (nSPS) is 26.8. The molecule has 10 heteroatoms. The second-order valence-electron chi connectivity index (χ2n) is 6.89. The number of methoxy groups -OCH3 is 1. The molecule has 0 bridgehead atoms. The van der Waals surface area contributed by atoms with Crippen LogP contribution in [-0.4, -0.2) is 64.8 Å². The Morgan fingerprint density at radius 2 is 1.80 bits per heavy atom. The molecule has 0 spiro atoms. The summed E-state index contributed by atoms with van der Waals surface area (Å²) in [5, 5.41) is 40.8. The number of fused-ring (bicyclic) bond motifs is 3. The molecule has 2 aromatic carbocycles. The van der Waals surface area contributed by atoms with Crippen LogP contribution in [0.1, 0.15) is 0 Å². The zero-order chi connectivity index (χ0) is 21.6. The number of hydrogen-bond acceptors (Lipinski definition) is 9. The highest BCUT2D eigenvalue weighted by Gasteiger charge is 2.44. The Morgan fingerprint density at radius 1 is 1.03 bits per heavy atom. The molecule has 1 aromatic heterocycles. The van der Waals surface area contributed by atoms with Crippen LogP contribution < -0.4 is 15.1 Å². The largest absolute Gasteiger partial charge is 0.497 e. The smallest absolute Gasteiger partial charge is 0.344 e. The van der Waals surface area contributed by atoms with Gasteiger partial charge >= 0.3 is 5.63 Å². The molecule has 0 aliphatic carbocycles. The lowest BCUT2D eigenvalue weighted by Crippen LogP contribution is -2.60. The molecule has 1 fully saturated rings. The van der Waals surface area contributed by atoms with Gasteiger partial charge in [-0.3, -0.25) is 0 Å². The van der Waals surface area contributed by atoms with Crippen molar-refractivity contribution in [3.63, 3.8) is 0 Å². The molecular weight excluding hydrogens is 420 g/mol. The molecule has 2 heterocycles. The standard InChI is InChI=1S/C20H19ClO9/c1-27-8-2-3-10-11(4-8)19(26)29-13-6-9(5-12(21)15(10)13)28-20-18(25)17(24)16(23)14(7-22)30-20/h2-6,14,16-18,20,22-25H,7H2,1H3/t14-,16-,17+,18-,20-/m1/s1. The van der Waals surface area contributed by atoms with Gasteiger partial charge in [-0.1, -0.05) is 11.6 Å². The third-order valence-electron chi connectivity index (χ3n) is 5.05. The van der Waals surface area contributed by atoms with Crippen LogP contribution in [0.5, 0.6) is 11.5 Å². The average Bonchev–Trinajstić information content (AvgIpc) is 2.73. The van der Waals surface area contributed by atoms with Crippen LogP contribution in [-0.2, 0) is 4.74 Å². The van der Waals surface area contributed by atoms with E-state index in [0.717, 1.165) is 0 Å². The van der Waals surface area contributed by atoms with Gasteiger partial charge in [0.25, 0.3) is 0 Å². The predicted molar refractivity (Wildman–Crippen MR) is 106 cm³/mol. The lowest BCUT2D eigenvalue weighted by atomic mass is 9.99. The molecular formula is C20H19ClO9. The average molecular weight is 439 g/mol. The third-order valence-corrected chi connectivity index (χ3v) is 5.34. The summed E-state index contributed by atoms with van der Waals surface area (Å²) in [6.45, 7) is -0.590. The molecule has 4 N–H and O–H groups in total. The maximum atomic E-state index is 12.4. The predicted octanol–water partition coefficient (Wildman–Crippen LogP) is 0.787. The van der Waals surface area contributed by atoms with Crippen molar-refractivity contribution in [1.82, 2.24) is 0 Å². The Balaban J connectivity index is 1.75. The summed E-state index contributed by atoms with van der Waals surface area (Å²) < 4.78 is 21.4. The molecule has 0 amide bonds. The lowest BCUT2D eigenvalue weighted by molar-refractivity contribution is -0.277. The molecule has 0 saturated carbocycles. The first-order valence-corrected chi connectivity index (χ1v) is 9.43. The zero-order valence-corrected chi connectivity index (χ0v) is 16.4. The van der Waals surface area contributed by atoms with E-state index in [1.54, 1.807) is 18.2 Å². The van der Waals surface area contributed by atoms with E-state index in [4.69, 9.17) is 30.2 Å². The fraction of sp³-hybridized carbons (Fsp3) is 0.350. The topological polar surface area (TPSA) is 139 Å². The van der Waals surface area contributed by atoms with Crippen molar-refractivity contribution in [2.75, 3.05) is 13.7 Å². The first-order valence-electron chi connectivity index (χ1n) is 9.05. The molecule has 1 aliphatic heterocycles. The van der Waals surface area contributed by atoms with Crippen molar-refractivity contribution in [3.05, 3.63) is 45.8 Å². The summed E-state index contributed by atoms with van der Waals surface area (Å²) in [5.41, 5.74) is -0.456. The highest BCUT2D eigenvalue weighted by Crippen LogP contribution is 2.35. The number of ether oxygens (including phenoxy) is 3. The molecule has 30 heavy (non-hydrogen) atoms. The summed E-state index contributed by atoms with van der Waals surface area (Å²) in [5.74, 6) is 0.584. The Labute approximate surface area is 174 Å². The Hall–Kier alpha value is -2.40. The van der Waals surface area contributed by atoms with Gasteiger partial charge in [-0.2, -0.15) is 0 Å². The van der Waals surface area contributed by atoms with Crippen LogP contribution >= 0.6 is 11.6 Å². The van der Waals surface area contributed by atoms with Crippen LogP contribution in [0, 0.1) is 0 Å². The fourth-order valence-electron chi connectivity index (χ4n) is 3.46. The van der Waals surface area contributed by atoms with Crippen LogP contribution in [0.3, 0.4) is 0 Å². The minimum atomic E-state index is -1.59. The highest BCUT2D eigenvalue weighted by molar-refractivity contribution is 6.37. The van der Waals surface area contributed by atoms with Crippen LogP contribution in [0.2, 0.25) is 5.02 Å². The van der Waals surface area contributed by atoms with Gasteiger partial charge in [0.2, 0.25) is 6.29 Å². The van der Waals surface area contributed by atoms with Gasteiger partial charge in [0, 0.05) is 16.8 Å². The van der Waals surface area contributed by atoms with E-state index in [1.165, 1.54) is 19.2 Å². The number of rotatable bonds is 4. The zero-order valence-electron chi connectivity index (χ0n) is 15.7. The molecule has 0 unspecified atom stereocenters. The van der Waals surface area contributed by atoms with Crippen molar-refractivity contribution < 1.29 is 39.1 Å². The van der Waals surface area contributed by atoms with Crippen molar-refractivity contribution in [2.45, 2.75) is 30.7 Å². The van der Waals surface area contributed by atoms with E-state index in [-0.39, 0.29) is 16.4 Å². The number of hydrogen-bond donors (Lipinski definition) is 4. The molecule has 5 atom stereocenters. The van der Waals surface area contributed by atoms with E-state index in [9.17, 15) is 25.2 Å². The minimum Gasteiger partial charge on any atom is -0.497 e. The van der Waals surface area contributed by atoms with Gasteiger partial charge < -0.3 is 39.1 Å². The number of halogens is 1. The quantitative estimate of drug-likeness (QED) is 0.344. The Kier molecular flexibility index (Phi) is 5.58. The summed E-state index contributed by atoms with van der Waals surface area (Å²) >= 11 is 6.42. The first-order chi connectivity index (χ1) is 14.3. The molecule has 3 aromatic rings. The summed E-state index contributed by atoms with van der Waals surface area (Å²) in [6.07, 6.45) is -7.21. The Bertz CT molecular complexity index is 1140. The van der Waals surface area contributed by atoms with Gasteiger partial charge in [0.1, 0.15) is 41.5 Å². The molecule has 9 nitrogen and oxygen atoms in total. The van der Waals surface area contributed by atoms with Crippen LogP contribution in [0.4, 0.5) is 0 Å². The van der Waals surface area contributed by atoms with E-state index < -0.39 is 42.9 Å². The summed E-state index contributed by atoms with van der Waals surface area (Å²) in [6, 6.07) is 7.77. The van der Waals surface area contributed by atoms with E-state index in [0.29, 0.717) is 21.9 Å². The molecule has 4 rings (SSSR count). The second kappa shape index (κ2) is 8.03. The van der Waals surface area contributed by atoms with Gasteiger partial charge in [-0.15, -0.1) is 0 Å². The summed E-state index contributed by atoms with van der Waals surface area (Å²) in [4.78, 5) is 12.4. The first kappa shape index (κ1) is 20.9. The van der Waals surface area contributed by atoms with Crippen LogP contribution in [0.25, 0.3) is 21.7 Å². The number of benzene rings is 2. The monoisotopic (exact) mass is 438 g/mol. The van der Waals surface area contributed by atoms with E-state index >= 15 is 0 Å². The molecule has 0 radical (unpaired) electrons. The molecule has 160 valence electrons. The maximum Gasteiger partial charge on any atom is 0.344 e. The van der Waals surface area contributed by atoms with Crippen molar-refractivity contribution in [1.29, 1.82) is 0 Å². The Morgan fingerprint density at radius 3 is 2.50 bits per heavy atom. The van der Waals surface area contributed by atoms with Gasteiger partial charge in [0.05, 0.1) is 24.1 Å². The second-order valence-corrected chi connectivity index (χ2v) is 7.30. The SMILES string of the molecule is COc1ccc2c(c1)c(=O)oc1cc(O[C@@H]3O[C@H](CO)[C@@H](O)[C@H](O)[C@H]3O)cc(Cl)c12. The van der Waals surface area contributed by atoms with Gasteiger partial charge in [0.15, 0.2) is 0 Å². The highest BCUT2D eigenvalue weighted by atomic mass is 35.5. The number of aliphatic hydroxyl groups is 4. The lowest BCUT2D eigenvalue weighted by Gasteiger charge is -2.39. The minimum absolute atomic E-state index is 0.0906. The summed E-state index contributed by atoms with van der Waals surface area (Å²) in [7, 11) is 1.49. The molecule has 1 saturated heterocycles. The fourth-order valence-corrected chi connectivity index (χ4v) is 3.76. The van der Waals surface area contributed by atoms with Crippen LogP contribution in [0.15, 0.2) is 39.5 Å². The van der Waals surface area contributed by atoms with Gasteiger partial charge in [-0.25, -0.2) is 4.79 Å². The maximum absolute atomic E-state index is 12.4. The van der Waals surface area contributed by atoms with Crippen molar-refractivity contribution in [3.8, 4) is 11.5 Å². The number of aliphatic hydroxyl groups excluding tert-OH is 4. The molecule has 1 aliphatic rings.